The molecule has 4 nitrogen and oxygen atoms in total. The number of anilines is 2. The van der Waals surface area contributed by atoms with Crippen LogP contribution in [0.1, 0.15) is 61.0 Å². The van der Waals surface area contributed by atoms with Crippen LogP contribution in [-0.2, 0) is 10.2 Å². The smallest absolute Gasteiger partial charge is 0.415 e. The molecule has 0 aliphatic carbocycles. The maximum absolute atomic E-state index is 12.8. The Balaban J connectivity index is 2.54. The molecule has 0 saturated heterocycles. The number of benzene rings is 1. The fourth-order valence-corrected chi connectivity index (χ4v) is 2.90. The highest BCUT2D eigenvalue weighted by Gasteiger charge is 2.40. The number of rotatable bonds is 0. The average Bonchev–Trinajstić information content (AvgIpc) is 2.33. The molecule has 23 heavy (non-hydrogen) atoms. The molecule has 0 unspecified atom stereocenters. The molecule has 0 spiro atoms. The molecule has 128 valence electrons. The molecule has 0 aromatic heterocycles. The van der Waals surface area contributed by atoms with Crippen molar-refractivity contribution in [1.82, 2.24) is 0 Å². The van der Waals surface area contributed by atoms with Gasteiger partial charge in [-0.05, 0) is 51.7 Å². The summed E-state index contributed by atoms with van der Waals surface area (Å²) in [6.45, 7) is 17.0. The SMILES string of the molecule is CC(C)(C)OC(=O)N1c2cccc(C(C)(C)C)c2NCC1(C)C. The first-order valence-corrected chi connectivity index (χ1v) is 8.23. The van der Waals surface area contributed by atoms with Crippen LogP contribution in [0, 0.1) is 0 Å². The van der Waals surface area contributed by atoms with Crippen molar-refractivity contribution in [1.29, 1.82) is 0 Å². The molecule has 2 rings (SSSR count). The number of nitrogens with one attached hydrogen (secondary N) is 1. The second-order valence-electron chi connectivity index (χ2n) is 8.93. The van der Waals surface area contributed by atoms with Gasteiger partial charge in [0.1, 0.15) is 5.60 Å². The van der Waals surface area contributed by atoms with E-state index in [9.17, 15) is 4.79 Å². The number of hydrogen-bond acceptors (Lipinski definition) is 3. The van der Waals surface area contributed by atoms with E-state index in [1.165, 1.54) is 5.56 Å². The second kappa shape index (κ2) is 5.43. The molecule has 1 N–H and O–H groups in total. The molecule has 0 atom stereocenters. The Kier molecular flexibility index (Phi) is 4.16. The van der Waals surface area contributed by atoms with E-state index in [2.05, 4.69) is 46.0 Å². The molecule has 0 bridgehead atoms. The topological polar surface area (TPSA) is 41.6 Å². The van der Waals surface area contributed by atoms with E-state index in [-0.39, 0.29) is 17.0 Å². The number of carbonyl (C=O) groups is 1. The van der Waals surface area contributed by atoms with Gasteiger partial charge in [-0.1, -0.05) is 32.9 Å². The van der Waals surface area contributed by atoms with Gasteiger partial charge in [0.15, 0.2) is 0 Å². The van der Waals surface area contributed by atoms with E-state index < -0.39 is 5.60 Å². The summed E-state index contributed by atoms with van der Waals surface area (Å²) in [5.41, 5.74) is 2.26. The van der Waals surface area contributed by atoms with Gasteiger partial charge < -0.3 is 10.1 Å². The molecular weight excluding hydrogens is 288 g/mol. The van der Waals surface area contributed by atoms with Crippen LogP contribution >= 0.6 is 0 Å². The lowest BCUT2D eigenvalue weighted by Gasteiger charge is -2.45. The third-order valence-corrected chi connectivity index (χ3v) is 3.97. The summed E-state index contributed by atoms with van der Waals surface area (Å²) in [7, 11) is 0. The van der Waals surface area contributed by atoms with Gasteiger partial charge in [-0.15, -0.1) is 0 Å². The van der Waals surface area contributed by atoms with Gasteiger partial charge in [-0.2, -0.15) is 0 Å². The lowest BCUT2D eigenvalue weighted by molar-refractivity contribution is 0.0546. The van der Waals surface area contributed by atoms with E-state index in [0.717, 1.165) is 11.4 Å². The van der Waals surface area contributed by atoms with Crippen LogP contribution in [-0.4, -0.2) is 23.8 Å². The van der Waals surface area contributed by atoms with Crippen LogP contribution in [0.15, 0.2) is 18.2 Å². The van der Waals surface area contributed by atoms with Gasteiger partial charge in [0, 0.05) is 6.54 Å². The Hall–Kier alpha value is -1.71. The Morgan fingerprint density at radius 2 is 1.78 bits per heavy atom. The summed E-state index contributed by atoms with van der Waals surface area (Å²) in [4.78, 5) is 14.6. The zero-order chi connectivity index (χ0) is 17.6. The highest BCUT2D eigenvalue weighted by molar-refractivity contribution is 5.96. The number of fused-ring (bicyclic) bond motifs is 1. The number of amides is 1. The summed E-state index contributed by atoms with van der Waals surface area (Å²) in [6, 6.07) is 6.12. The average molecular weight is 318 g/mol. The maximum atomic E-state index is 12.8. The number of nitrogens with zero attached hydrogens (tertiary/aromatic N) is 1. The van der Waals surface area contributed by atoms with E-state index >= 15 is 0 Å². The van der Waals surface area contributed by atoms with E-state index in [1.54, 1.807) is 4.90 Å². The fourth-order valence-electron chi connectivity index (χ4n) is 2.90. The van der Waals surface area contributed by atoms with Gasteiger partial charge in [-0.25, -0.2) is 4.79 Å². The zero-order valence-electron chi connectivity index (χ0n) is 15.7. The lowest BCUT2D eigenvalue weighted by Crippen LogP contribution is -2.56. The molecule has 1 heterocycles. The van der Waals surface area contributed by atoms with Crippen molar-refractivity contribution in [3.8, 4) is 0 Å². The van der Waals surface area contributed by atoms with Crippen molar-refractivity contribution in [2.75, 3.05) is 16.8 Å². The fraction of sp³-hybridized carbons (Fsp3) is 0.632. The van der Waals surface area contributed by atoms with Crippen molar-refractivity contribution >= 4 is 17.5 Å². The van der Waals surface area contributed by atoms with E-state index in [4.69, 9.17) is 4.74 Å². The standard InChI is InChI=1S/C19H30N2O2/c1-17(2,3)13-10-9-11-14-15(13)20-12-19(7,8)21(14)16(22)23-18(4,5)6/h9-11,20H,12H2,1-8H3. The second-order valence-corrected chi connectivity index (χ2v) is 8.93. The Bertz CT molecular complexity index is 607. The van der Waals surface area contributed by atoms with Gasteiger partial charge >= 0.3 is 6.09 Å². The summed E-state index contributed by atoms with van der Waals surface area (Å²) >= 11 is 0. The van der Waals surface area contributed by atoms with Crippen molar-refractivity contribution in [2.45, 2.75) is 71.9 Å². The Labute approximate surface area is 140 Å². The van der Waals surface area contributed by atoms with Gasteiger partial charge in [0.2, 0.25) is 0 Å². The van der Waals surface area contributed by atoms with E-state index in [1.807, 2.05) is 32.9 Å². The predicted octanol–water partition coefficient (Wildman–Crippen LogP) is 4.93. The molecule has 1 aromatic carbocycles. The van der Waals surface area contributed by atoms with Crippen LogP contribution in [0.3, 0.4) is 0 Å². The molecule has 1 aliphatic rings. The van der Waals surface area contributed by atoms with Crippen molar-refractivity contribution in [3.63, 3.8) is 0 Å². The number of para-hydroxylation sites is 1. The monoisotopic (exact) mass is 318 g/mol. The van der Waals surface area contributed by atoms with Gasteiger partial charge in [-0.3, -0.25) is 4.90 Å². The third-order valence-electron chi connectivity index (χ3n) is 3.97. The first kappa shape index (κ1) is 17.6. The van der Waals surface area contributed by atoms with Crippen LogP contribution in [0.2, 0.25) is 0 Å². The summed E-state index contributed by atoms with van der Waals surface area (Å²) < 4.78 is 5.65. The molecule has 0 fully saturated rings. The summed E-state index contributed by atoms with van der Waals surface area (Å²) in [5, 5.41) is 3.53. The molecule has 0 radical (unpaired) electrons. The molecule has 1 amide bonds. The van der Waals surface area contributed by atoms with Gasteiger partial charge in [0.05, 0.1) is 16.9 Å². The van der Waals surface area contributed by atoms with Crippen LogP contribution in [0.25, 0.3) is 0 Å². The molecule has 1 aromatic rings. The normalized spacial score (nSPS) is 17.3. The minimum absolute atomic E-state index is 0.000567. The maximum Gasteiger partial charge on any atom is 0.415 e. The van der Waals surface area contributed by atoms with Crippen molar-refractivity contribution in [2.24, 2.45) is 0 Å². The predicted molar refractivity (Wildman–Crippen MR) is 96.4 cm³/mol. The minimum atomic E-state index is -0.514. The number of hydrogen-bond donors (Lipinski definition) is 1. The molecular formula is C19H30N2O2. The highest BCUT2D eigenvalue weighted by atomic mass is 16.6. The number of carbonyl (C=O) groups excluding carboxylic acids is 1. The summed E-state index contributed by atoms with van der Waals surface area (Å²) in [6.07, 6.45) is -0.295. The largest absolute Gasteiger partial charge is 0.443 e. The van der Waals surface area contributed by atoms with Crippen molar-refractivity contribution in [3.05, 3.63) is 23.8 Å². The third kappa shape index (κ3) is 3.62. The highest BCUT2D eigenvalue weighted by Crippen LogP contribution is 2.42. The lowest BCUT2D eigenvalue weighted by atomic mass is 9.83. The first-order valence-electron chi connectivity index (χ1n) is 8.23. The molecule has 1 aliphatic heterocycles. The molecule has 0 saturated carbocycles. The Morgan fingerprint density at radius 3 is 2.30 bits per heavy atom. The van der Waals surface area contributed by atoms with Crippen molar-refractivity contribution < 1.29 is 9.53 Å². The molecule has 4 heteroatoms. The first-order chi connectivity index (χ1) is 10.3. The quantitative estimate of drug-likeness (QED) is 0.737. The Morgan fingerprint density at radius 1 is 1.17 bits per heavy atom. The number of ether oxygens (including phenoxy) is 1. The van der Waals surface area contributed by atoms with Crippen LogP contribution in [0.4, 0.5) is 16.2 Å². The van der Waals surface area contributed by atoms with Crippen LogP contribution in [0.5, 0.6) is 0 Å². The van der Waals surface area contributed by atoms with E-state index in [0.29, 0.717) is 6.54 Å². The summed E-state index contributed by atoms with van der Waals surface area (Å²) in [5.74, 6) is 0. The minimum Gasteiger partial charge on any atom is -0.443 e. The van der Waals surface area contributed by atoms with Crippen LogP contribution < -0.4 is 10.2 Å². The van der Waals surface area contributed by atoms with Gasteiger partial charge in [0.25, 0.3) is 0 Å². The zero-order valence-corrected chi connectivity index (χ0v) is 15.7.